The second-order valence-corrected chi connectivity index (χ2v) is 21.7. The molecule has 3 atom stereocenters. The van der Waals surface area contributed by atoms with Gasteiger partial charge in [0.1, 0.15) is 40.9 Å². The van der Waals surface area contributed by atoms with Crippen molar-refractivity contribution in [1.82, 2.24) is 29.9 Å². The van der Waals surface area contributed by atoms with Crippen LogP contribution >= 0.6 is 11.6 Å². The minimum absolute atomic E-state index is 0.174. The number of Topliss-reactive ketones (excluding diaryl/α,β-unsaturated/α-hetero) is 1. The van der Waals surface area contributed by atoms with Gasteiger partial charge in [0.2, 0.25) is 21.7 Å². The zero-order valence-corrected chi connectivity index (χ0v) is 38.5. The van der Waals surface area contributed by atoms with Crippen LogP contribution in [-0.2, 0) is 65.9 Å². The van der Waals surface area contributed by atoms with Crippen LogP contribution < -0.4 is 9.62 Å². The summed E-state index contributed by atoms with van der Waals surface area (Å²) in [6, 6.07) is 4.58. The number of carbonyl (C=O) groups excluding carboxylic acids is 3. The third kappa shape index (κ3) is 9.89. The Kier molecular flexibility index (Phi) is 12.6. The first-order chi connectivity index (χ1) is 31.6. The Bertz CT molecular complexity index is 3290. The van der Waals surface area contributed by atoms with Gasteiger partial charge in [-0.3, -0.25) is 23.7 Å². The van der Waals surface area contributed by atoms with E-state index in [1.807, 2.05) is 0 Å². The van der Waals surface area contributed by atoms with Gasteiger partial charge in [-0.25, -0.2) is 30.6 Å². The van der Waals surface area contributed by atoms with Crippen LogP contribution in [0.2, 0.25) is 5.02 Å². The van der Waals surface area contributed by atoms with E-state index in [1.165, 1.54) is 13.8 Å². The van der Waals surface area contributed by atoms with Crippen molar-refractivity contribution in [3.63, 3.8) is 0 Å². The fraction of sp³-hybridized carbons (Fsp3) is 0.381. The highest BCUT2D eigenvalue weighted by molar-refractivity contribution is 7.93. The van der Waals surface area contributed by atoms with Gasteiger partial charge < -0.3 is 5.32 Å². The summed E-state index contributed by atoms with van der Waals surface area (Å²) < 4.78 is 196. The third-order valence-electron chi connectivity index (χ3n) is 11.3. The maximum absolute atomic E-state index is 15.5. The van der Waals surface area contributed by atoms with Crippen LogP contribution in [0.3, 0.4) is 0 Å². The summed E-state index contributed by atoms with van der Waals surface area (Å²) in [7, 11) is -8.79. The third-order valence-corrected chi connectivity index (χ3v) is 14.6. The van der Waals surface area contributed by atoms with Crippen molar-refractivity contribution in [2.75, 3.05) is 16.8 Å². The summed E-state index contributed by atoms with van der Waals surface area (Å²) in [6.07, 6.45) is -10.1. The van der Waals surface area contributed by atoms with Crippen LogP contribution in [0.25, 0.3) is 22.0 Å². The number of rotatable bonds is 12. The number of nitrogens with one attached hydrogen (secondary N) is 1. The fourth-order valence-electron chi connectivity index (χ4n) is 7.95. The highest BCUT2D eigenvalue weighted by Crippen LogP contribution is 2.68. The number of amides is 2. The molecule has 0 spiro atoms. The van der Waals surface area contributed by atoms with E-state index in [0.717, 1.165) is 42.7 Å². The molecule has 7 rings (SSSR count). The summed E-state index contributed by atoms with van der Waals surface area (Å²) in [6.45, 7) is -0.203. The maximum Gasteiger partial charge on any atom is 0.435 e. The van der Waals surface area contributed by atoms with Gasteiger partial charge in [-0.1, -0.05) is 23.6 Å². The number of alkyl halides is 8. The van der Waals surface area contributed by atoms with Crippen molar-refractivity contribution in [3.05, 3.63) is 93.0 Å². The molecule has 27 heteroatoms. The monoisotopic (exact) mass is 1040 g/mol. The Labute approximate surface area is 390 Å². The molecule has 0 saturated heterocycles. The zero-order valence-electron chi connectivity index (χ0n) is 36.1. The van der Waals surface area contributed by atoms with Gasteiger partial charge in [-0.15, -0.1) is 0 Å². The molecule has 69 heavy (non-hydrogen) atoms. The molecule has 0 unspecified atom stereocenters. The molecular weight excluding hydrogens is 1000 g/mol. The lowest BCUT2D eigenvalue weighted by atomic mass is 9.93. The summed E-state index contributed by atoms with van der Waals surface area (Å²) >= 11 is 6.52. The molecule has 2 aliphatic carbocycles. The van der Waals surface area contributed by atoms with E-state index in [0.29, 0.717) is 19.2 Å². The van der Waals surface area contributed by atoms with Crippen molar-refractivity contribution in [2.45, 2.75) is 81.7 Å². The molecule has 1 fully saturated rings. The van der Waals surface area contributed by atoms with Crippen LogP contribution in [0.5, 0.6) is 0 Å². The van der Waals surface area contributed by atoms with Crippen LogP contribution in [0.15, 0.2) is 42.5 Å². The molecule has 1 saturated carbocycles. The van der Waals surface area contributed by atoms with Gasteiger partial charge in [0.15, 0.2) is 21.3 Å². The number of ketones is 1. The van der Waals surface area contributed by atoms with Gasteiger partial charge in [0, 0.05) is 41.9 Å². The second kappa shape index (κ2) is 17.1. The topological polar surface area (TPSA) is 183 Å². The Hall–Kier alpha value is -6.07. The number of benzene rings is 2. The number of hydrogen-bond donors (Lipinski definition) is 1. The zero-order chi connectivity index (χ0) is 51.3. The van der Waals surface area contributed by atoms with Crippen molar-refractivity contribution in [1.29, 1.82) is 0 Å². The van der Waals surface area contributed by atoms with Crippen molar-refractivity contribution in [2.24, 2.45) is 5.92 Å². The lowest BCUT2D eigenvalue weighted by molar-refractivity contribution is -0.143. The molecule has 3 aromatic heterocycles. The second-order valence-electron chi connectivity index (χ2n) is 16.9. The Morgan fingerprint density at radius 3 is 2.13 bits per heavy atom. The number of fused-ring (bicyclic) bond motifs is 4. The molecule has 0 bridgehead atoms. The van der Waals surface area contributed by atoms with Crippen LogP contribution in [0.1, 0.15) is 73.1 Å². The minimum Gasteiger partial charge on any atom is -0.346 e. The van der Waals surface area contributed by atoms with Gasteiger partial charge in [0.05, 0.1) is 33.9 Å². The average molecular weight is 1040 g/mol. The number of pyridine rings is 1. The highest BCUT2D eigenvalue weighted by atomic mass is 35.5. The first-order valence-corrected chi connectivity index (χ1v) is 24.1. The molecule has 0 radical (unpaired) electrons. The summed E-state index contributed by atoms with van der Waals surface area (Å²) in [5.74, 6) is -9.37. The number of sulfone groups is 1. The molecular formula is C42H34ClF10N7O7S2. The Morgan fingerprint density at radius 2 is 1.57 bits per heavy atom. The molecule has 0 aliphatic heterocycles. The van der Waals surface area contributed by atoms with E-state index in [-0.39, 0.29) is 36.9 Å². The van der Waals surface area contributed by atoms with E-state index >= 15 is 8.78 Å². The number of carbonyl (C=O) groups is 3. The maximum atomic E-state index is 15.5. The van der Waals surface area contributed by atoms with E-state index in [1.54, 1.807) is 0 Å². The normalized spacial score (nSPS) is 17.2. The number of hydrogen-bond acceptors (Lipinski definition) is 10. The van der Waals surface area contributed by atoms with Gasteiger partial charge >= 0.3 is 18.3 Å². The van der Waals surface area contributed by atoms with E-state index in [4.69, 9.17) is 11.6 Å². The molecule has 2 aliphatic rings. The predicted octanol–water partition coefficient (Wildman–Crippen LogP) is 7.17. The number of sulfonamides is 1. The lowest BCUT2D eigenvalue weighted by Crippen LogP contribution is -2.40. The standard InChI is InChI=1S/C42H34ClF10N7O7S2/c1-19(61)38(63)60(69(5,66)67)37-32-28(43)9-8-25(34(32)59(57-37)18-40(46,47)48)24-7-6-23(10-11-39(2,3)68(4,64)65)54-33(24)29(14-20-12-21(44)15-22(45)13-20)55-30(62)17-58-36-31(35(56-58)42(51,52)53)26-16-27(26)41(36,49)50/h6-9,12-13,15,26-27,29H,14,16-18H2,1-5H3,(H,55,62)/t26-,27+,29-/m0/s1. The van der Waals surface area contributed by atoms with Crippen LogP contribution in [0, 0.1) is 29.4 Å². The van der Waals surface area contributed by atoms with Crippen molar-refractivity contribution < 1.29 is 75.1 Å². The molecule has 14 nitrogen and oxygen atoms in total. The molecule has 1 N–H and O–H groups in total. The first-order valence-electron chi connectivity index (χ1n) is 20.0. The van der Waals surface area contributed by atoms with Gasteiger partial charge in [-0.2, -0.15) is 49.6 Å². The van der Waals surface area contributed by atoms with Gasteiger partial charge in [0.25, 0.3) is 5.92 Å². The lowest BCUT2D eigenvalue weighted by Gasteiger charge is -2.23. The average Bonchev–Trinajstić information content (AvgIpc) is 3.71. The Morgan fingerprint density at radius 1 is 0.942 bits per heavy atom. The van der Waals surface area contributed by atoms with Crippen LogP contribution in [0.4, 0.5) is 49.7 Å². The summed E-state index contributed by atoms with van der Waals surface area (Å²) in [5.41, 5.74) is -6.09. The first kappa shape index (κ1) is 50.8. The van der Waals surface area contributed by atoms with Gasteiger partial charge in [-0.05, 0) is 74.4 Å². The minimum atomic E-state index is -5.23. The number of aromatic nitrogens is 5. The van der Waals surface area contributed by atoms with E-state index in [2.05, 4.69) is 32.3 Å². The smallest absolute Gasteiger partial charge is 0.346 e. The number of anilines is 1. The SMILES string of the molecule is CC(=O)C(=O)N(c1nn(CC(F)(F)F)c2c(-c3ccc(C#CC(C)(C)S(C)(=O)=O)nc3[C@H](Cc3cc(F)cc(F)c3)NC(=O)Cn3nc(C(F)(F)F)c4c3C(F)(F)[C@@H]3C[C@H]43)ccc(Cl)c12)S(C)(=O)=O. The summed E-state index contributed by atoms with van der Waals surface area (Å²) in [5, 5.41) is 8.36. The highest BCUT2D eigenvalue weighted by Gasteiger charge is 2.68. The molecule has 5 aromatic rings. The van der Waals surface area contributed by atoms with E-state index < -0.39 is 159 Å². The number of nitrogens with zero attached hydrogens (tertiary/aromatic N) is 6. The fourth-order valence-corrected chi connectivity index (χ4v) is 9.29. The molecule has 2 amide bonds. The molecule has 3 heterocycles. The summed E-state index contributed by atoms with van der Waals surface area (Å²) in [4.78, 5) is 44.0. The number of halogens is 11. The predicted molar refractivity (Wildman–Crippen MR) is 226 cm³/mol. The van der Waals surface area contributed by atoms with Crippen LogP contribution in [-0.4, -0.2) is 82.4 Å². The molecule has 368 valence electrons. The molecule has 2 aromatic carbocycles. The quantitative estimate of drug-likeness (QED) is 0.0764. The van der Waals surface area contributed by atoms with Crippen molar-refractivity contribution >= 4 is 65.8 Å². The van der Waals surface area contributed by atoms with Crippen molar-refractivity contribution in [3.8, 4) is 23.0 Å². The largest absolute Gasteiger partial charge is 0.435 e. The van der Waals surface area contributed by atoms with E-state index in [9.17, 15) is 66.3 Å². The Balaban J connectivity index is 1.50.